The fourth-order valence-electron chi connectivity index (χ4n) is 3.43. The summed E-state index contributed by atoms with van der Waals surface area (Å²) in [5, 5.41) is 11.1. The van der Waals surface area contributed by atoms with E-state index in [0.717, 1.165) is 11.3 Å². The van der Waals surface area contributed by atoms with E-state index in [1.807, 2.05) is 12.1 Å². The summed E-state index contributed by atoms with van der Waals surface area (Å²) in [6, 6.07) is 9.72. The predicted molar refractivity (Wildman–Crippen MR) is 90.5 cm³/mol. The molecule has 1 N–H and O–H groups in total. The molecule has 26 heavy (non-hydrogen) atoms. The first-order valence-electron chi connectivity index (χ1n) is 8.14. The van der Waals surface area contributed by atoms with Gasteiger partial charge in [0, 0.05) is 30.0 Å². The van der Waals surface area contributed by atoms with E-state index in [-0.39, 0.29) is 29.9 Å². The molecule has 0 radical (unpaired) electrons. The molecular formula is C18H15N3O5. The van der Waals surface area contributed by atoms with Crippen LogP contribution >= 0.6 is 0 Å². The van der Waals surface area contributed by atoms with Crippen molar-refractivity contribution in [3.8, 4) is 0 Å². The van der Waals surface area contributed by atoms with Crippen molar-refractivity contribution < 1.29 is 19.2 Å². The smallest absolute Gasteiger partial charge is 0.355 e. The lowest BCUT2D eigenvalue weighted by molar-refractivity contribution is -0.385. The number of nitro groups is 1. The Balaban J connectivity index is 1.59. The lowest BCUT2D eigenvalue weighted by Gasteiger charge is -2.35. The van der Waals surface area contributed by atoms with Gasteiger partial charge in [-0.3, -0.25) is 14.9 Å². The number of β-lactam (4-membered cyclic amide) rings is 1. The molecule has 0 bridgehead atoms. The number of para-hydroxylation sites is 1. The van der Waals surface area contributed by atoms with Gasteiger partial charge in [-0.15, -0.1) is 0 Å². The Labute approximate surface area is 148 Å². The number of carbonyl (C=O) groups excluding carboxylic acids is 2. The number of nitrogens with one attached hydrogen (secondary N) is 1. The largest absolute Gasteiger partial charge is 0.456 e. The topological polar surface area (TPSA) is 106 Å². The lowest BCUT2D eigenvalue weighted by Crippen LogP contribution is -2.49. The minimum atomic E-state index is -0.650. The first kappa shape index (κ1) is 16.1. The third-order valence-corrected chi connectivity index (χ3v) is 4.67. The highest BCUT2D eigenvalue weighted by Gasteiger charge is 2.48. The lowest BCUT2D eigenvalue weighted by atomic mass is 10.00. The molecule has 1 aromatic carbocycles. The number of hydrogen-bond donors (Lipinski definition) is 1. The van der Waals surface area contributed by atoms with Gasteiger partial charge < -0.3 is 14.6 Å². The van der Waals surface area contributed by atoms with E-state index < -0.39 is 10.9 Å². The Bertz CT molecular complexity index is 932. The second-order valence-corrected chi connectivity index (χ2v) is 6.20. The Morgan fingerprint density at radius 2 is 2.08 bits per heavy atom. The zero-order valence-electron chi connectivity index (χ0n) is 13.7. The molecule has 1 amide bonds. The zero-order valence-corrected chi connectivity index (χ0v) is 13.7. The van der Waals surface area contributed by atoms with E-state index in [1.54, 1.807) is 18.3 Å². The average Bonchev–Trinajstić information content (AvgIpc) is 3.25. The van der Waals surface area contributed by atoms with E-state index in [9.17, 15) is 19.7 Å². The number of hydrogen-bond acceptors (Lipinski definition) is 5. The minimum absolute atomic E-state index is 0.0191. The van der Waals surface area contributed by atoms with Crippen LogP contribution < -0.4 is 0 Å². The van der Waals surface area contributed by atoms with Gasteiger partial charge in [0.1, 0.15) is 12.3 Å². The fraction of sp³-hybridized carbons (Fsp3) is 0.222. The molecule has 0 saturated carbocycles. The summed E-state index contributed by atoms with van der Waals surface area (Å²) in [5.41, 5.74) is 1.93. The quantitative estimate of drug-likeness (QED) is 0.384. The Hall–Kier alpha value is -3.42. The van der Waals surface area contributed by atoms with Crippen LogP contribution in [0.15, 0.2) is 48.3 Å². The van der Waals surface area contributed by atoms with Gasteiger partial charge in [0.05, 0.1) is 16.5 Å². The first-order valence-corrected chi connectivity index (χ1v) is 8.14. The van der Waals surface area contributed by atoms with Gasteiger partial charge in [0.25, 0.3) is 5.69 Å². The number of H-pyrrole nitrogens is 1. The van der Waals surface area contributed by atoms with Crippen molar-refractivity contribution in [1.29, 1.82) is 0 Å². The number of nitrogens with zero attached hydrogens (tertiary/aromatic N) is 2. The molecule has 2 aliphatic rings. The third kappa shape index (κ3) is 2.55. The molecule has 4 rings (SSSR count). The van der Waals surface area contributed by atoms with Gasteiger partial charge >= 0.3 is 5.97 Å². The number of esters is 1. The van der Waals surface area contributed by atoms with Crippen LogP contribution in [0.1, 0.15) is 24.1 Å². The summed E-state index contributed by atoms with van der Waals surface area (Å²) in [7, 11) is 0. The molecule has 3 heterocycles. The highest BCUT2D eigenvalue weighted by Crippen LogP contribution is 2.42. The number of amides is 1. The van der Waals surface area contributed by atoms with Crippen molar-refractivity contribution in [2.24, 2.45) is 0 Å². The van der Waals surface area contributed by atoms with Gasteiger partial charge in [-0.1, -0.05) is 12.1 Å². The predicted octanol–water partition coefficient (Wildman–Crippen LogP) is 2.38. The van der Waals surface area contributed by atoms with E-state index in [2.05, 4.69) is 4.98 Å². The maximum Gasteiger partial charge on any atom is 0.355 e. The van der Waals surface area contributed by atoms with Gasteiger partial charge in [-0.2, -0.15) is 0 Å². The van der Waals surface area contributed by atoms with Gasteiger partial charge in [-0.25, -0.2) is 4.79 Å². The summed E-state index contributed by atoms with van der Waals surface area (Å²) < 4.78 is 5.32. The van der Waals surface area contributed by atoms with Crippen LogP contribution in [0.5, 0.6) is 0 Å². The molecule has 0 aliphatic carbocycles. The van der Waals surface area contributed by atoms with Gasteiger partial charge in [0.2, 0.25) is 5.91 Å². The van der Waals surface area contributed by atoms with Crippen LogP contribution in [0.2, 0.25) is 0 Å². The number of benzene rings is 1. The first-order chi connectivity index (χ1) is 12.6. The van der Waals surface area contributed by atoms with Crippen molar-refractivity contribution in [1.82, 2.24) is 9.88 Å². The Kier molecular flexibility index (Phi) is 3.80. The van der Waals surface area contributed by atoms with Gasteiger partial charge in [-0.05, 0) is 24.6 Å². The van der Waals surface area contributed by atoms with E-state index in [0.29, 0.717) is 18.4 Å². The maximum atomic E-state index is 12.7. The third-order valence-electron chi connectivity index (χ3n) is 4.67. The molecule has 1 fully saturated rings. The van der Waals surface area contributed by atoms with E-state index in [1.165, 1.54) is 17.0 Å². The number of ether oxygens (including phenoxy) is 1. The SMILES string of the molecule is O=C(OCc1ccccc1[N+](=O)[O-])C1=C(c2ccc[nH]2)C[C@@H]2CC(=O)N12. The molecule has 8 heteroatoms. The Morgan fingerprint density at radius 1 is 1.27 bits per heavy atom. The summed E-state index contributed by atoms with van der Waals surface area (Å²) in [4.78, 5) is 39.7. The van der Waals surface area contributed by atoms with Crippen molar-refractivity contribution in [2.45, 2.75) is 25.5 Å². The minimum Gasteiger partial charge on any atom is -0.456 e. The molecule has 1 atom stereocenters. The molecule has 132 valence electrons. The van der Waals surface area contributed by atoms with Crippen molar-refractivity contribution in [3.05, 3.63) is 69.7 Å². The van der Waals surface area contributed by atoms with Crippen LogP contribution in [0.3, 0.4) is 0 Å². The number of aromatic amines is 1. The Morgan fingerprint density at radius 3 is 2.77 bits per heavy atom. The molecule has 2 aliphatic heterocycles. The summed E-state index contributed by atoms with van der Waals surface area (Å²) in [6.45, 7) is -0.232. The van der Waals surface area contributed by atoms with Crippen LogP contribution in [0, 0.1) is 10.1 Å². The van der Waals surface area contributed by atoms with Crippen LogP contribution in [-0.4, -0.2) is 32.7 Å². The van der Waals surface area contributed by atoms with E-state index in [4.69, 9.17) is 4.74 Å². The molecule has 8 nitrogen and oxygen atoms in total. The van der Waals surface area contributed by atoms with Crippen LogP contribution in [-0.2, 0) is 20.9 Å². The second-order valence-electron chi connectivity index (χ2n) is 6.20. The standard InChI is InChI=1S/C18H15N3O5/c22-16-9-12-8-13(14-5-3-7-19-14)17(20(12)16)18(23)26-10-11-4-1-2-6-15(11)21(24)25/h1-7,12,19H,8-10H2/t12-/m1/s1. The summed E-state index contributed by atoms with van der Waals surface area (Å²) in [5.74, 6) is -0.766. The fourth-order valence-corrected chi connectivity index (χ4v) is 3.43. The normalized spacial score (nSPS) is 18.5. The zero-order chi connectivity index (χ0) is 18.3. The summed E-state index contributed by atoms with van der Waals surface area (Å²) >= 11 is 0. The molecule has 0 unspecified atom stereocenters. The number of fused-ring (bicyclic) bond motifs is 1. The van der Waals surface area contributed by atoms with E-state index >= 15 is 0 Å². The maximum absolute atomic E-state index is 12.7. The van der Waals surface area contributed by atoms with Gasteiger partial charge in [0.15, 0.2) is 0 Å². The number of nitro benzene ring substituents is 1. The molecule has 2 aromatic rings. The number of carbonyl (C=O) groups is 2. The summed E-state index contributed by atoms with van der Waals surface area (Å²) in [6.07, 6.45) is 2.74. The molecular weight excluding hydrogens is 338 g/mol. The highest BCUT2D eigenvalue weighted by molar-refractivity contribution is 6.05. The van der Waals surface area contributed by atoms with Crippen LogP contribution in [0.25, 0.3) is 5.57 Å². The van der Waals surface area contributed by atoms with Crippen molar-refractivity contribution in [3.63, 3.8) is 0 Å². The van der Waals surface area contributed by atoms with Crippen molar-refractivity contribution >= 4 is 23.1 Å². The highest BCUT2D eigenvalue weighted by atomic mass is 16.6. The number of rotatable bonds is 5. The number of aromatic nitrogens is 1. The molecule has 1 aromatic heterocycles. The monoisotopic (exact) mass is 353 g/mol. The molecule has 1 saturated heterocycles. The van der Waals surface area contributed by atoms with Crippen molar-refractivity contribution in [2.75, 3.05) is 0 Å². The second kappa shape index (κ2) is 6.14. The van der Waals surface area contributed by atoms with Crippen LogP contribution in [0.4, 0.5) is 5.69 Å². The molecule has 0 spiro atoms. The average molecular weight is 353 g/mol.